The highest BCUT2D eigenvalue weighted by Gasteiger charge is 2.34. The molecular weight excluding hydrogens is 246 g/mol. The quantitative estimate of drug-likeness (QED) is 0.727. The smallest absolute Gasteiger partial charge is 0.258 e. The summed E-state index contributed by atoms with van der Waals surface area (Å²) in [6.45, 7) is 8.81. The topological polar surface area (TPSA) is 83.4 Å². The van der Waals surface area contributed by atoms with Crippen molar-refractivity contribution in [3.05, 3.63) is 11.7 Å². The Bertz CT molecular complexity index is 386. The summed E-state index contributed by atoms with van der Waals surface area (Å²) < 4.78 is 16.2. The van der Waals surface area contributed by atoms with Crippen molar-refractivity contribution in [2.45, 2.75) is 51.7 Å². The van der Waals surface area contributed by atoms with Crippen molar-refractivity contribution in [2.24, 2.45) is 5.73 Å². The Morgan fingerprint density at radius 3 is 2.53 bits per heavy atom. The SMILES string of the molecule is CCCOCC(C)(N)c1noc(C(C)(CC)OC)n1. The number of rotatable bonds is 8. The van der Waals surface area contributed by atoms with E-state index in [2.05, 4.69) is 10.1 Å². The van der Waals surface area contributed by atoms with Crippen molar-refractivity contribution in [2.75, 3.05) is 20.3 Å². The van der Waals surface area contributed by atoms with Gasteiger partial charge in [0.05, 0.1) is 6.61 Å². The number of hydrogen-bond acceptors (Lipinski definition) is 6. The first-order chi connectivity index (χ1) is 8.89. The van der Waals surface area contributed by atoms with Crippen LogP contribution >= 0.6 is 0 Å². The summed E-state index contributed by atoms with van der Waals surface area (Å²) in [6, 6.07) is 0. The predicted octanol–water partition coefficient (Wildman–Crippen LogP) is 1.94. The van der Waals surface area contributed by atoms with E-state index in [1.54, 1.807) is 7.11 Å². The number of aromatic nitrogens is 2. The predicted molar refractivity (Wildman–Crippen MR) is 71.6 cm³/mol. The summed E-state index contributed by atoms with van der Waals surface area (Å²) in [5.74, 6) is 0.884. The van der Waals surface area contributed by atoms with Gasteiger partial charge in [-0.3, -0.25) is 0 Å². The second-order valence-corrected chi connectivity index (χ2v) is 5.18. The Balaban J connectivity index is 2.83. The van der Waals surface area contributed by atoms with Gasteiger partial charge < -0.3 is 19.7 Å². The van der Waals surface area contributed by atoms with Crippen LogP contribution in [-0.4, -0.2) is 30.5 Å². The molecular formula is C13H25N3O3. The van der Waals surface area contributed by atoms with E-state index in [1.165, 1.54) is 0 Å². The van der Waals surface area contributed by atoms with Crippen LogP contribution in [0.2, 0.25) is 0 Å². The summed E-state index contributed by atoms with van der Waals surface area (Å²) in [4.78, 5) is 4.37. The Labute approximate surface area is 114 Å². The van der Waals surface area contributed by atoms with Gasteiger partial charge in [0.2, 0.25) is 0 Å². The average molecular weight is 271 g/mol. The maximum absolute atomic E-state index is 6.17. The Hall–Kier alpha value is -0.980. The number of hydrogen-bond donors (Lipinski definition) is 1. The number of ether oxygens (including phenoxy) is 2. The molecule has 1 heterocycles. The standard InChI is InChI=1S/C13H25N3O3/c1-6-8-18-9-12(3,14)10-15-11(19-16-10)13(4,7-2)17-5/h6-9,14H2,1-5H3. The molecule has 1 aromatic heterocycles. The lowest BCUT2D eigenvalue weighted by Crippen LogP contribution is -2.39. The summed E-state index contributed by atoms with van der Waals surface area (Å²) in [7, 11) is 1.62. The zero-order chi connectivity index (χ0) is 14.5. The van der Waals surface area contributed by atoms with Gasteiger partial charge in [-0.2, -0.15) is 4.98 Å². The van der Waals surface area contributed by atoms with E-state index in [0.717, 1.165) is 12.8 Å². The molecule has 0 radical (unpaired) electrons. The third-order valence-electron chi connectivity index (χ3n) is 3.26. The molecule has 110 valence electrons. The molecule has 1 rings (SSSR count). The third kappa shape index (κ3) is 3.75. The van der Waals surface area contributed by atoms with Crippen LogP contribution < -0.4 is 5.73 Å². The zero-order valence-corrected chi connectivity index (χ0v) is 12.5. The molecule has 0 aliphatic carbocycles. The van der Waals surface area contributed by atoms with Crippen LogP contribution in [0.1, 0.15) is 52.3 Å². The molecule has 0 amide bonds. The summed E-state index contributed by atoms with van der Waals surface area (Å²) in [5.41, 5.74) is 4.83. The van der Waals surface area contributed by atoms with E-state index in [9.17, 15) is 0 Å². The number of nitrogens with two attached hydrogens (primary N) is 1. The van der Waals surface area contributed by atoms with E-state index < -0.39 is 11.1 Å². The molecule has 0 aliphatic heterocycles. The largest absolute Gasteiger partial charge is 0.379 e. The maximum atomic E-state index is 6.17. The lowest BCUT2D eigenvalue weighted by molar-refractivity contribution is -0.0272. The first-order valence-corrected chi connectivity index (χ1v) is 6.66. The van der Waals surface area contributed by atoms with Crippen molar-refractivity contribution >= 4 is 0 Å². The van der Waals surface area contributed by atoms with E-state index >= 15 is 0 Å². The first kappa shape index (κ1) is 16.1. The Morgan fingerprint density at radius 1 is 1.32 bits per heavy atom. The zero-order valence-electron chi connectivity index (χ0n) is 12.5. The lowest BCUT2D eigenvalue weighted by atomic mass is 10.0. The Kier molecular flexibility index (Phi) is 5.46. The average Bonchev–Trinajstić information content (AvgIpc) is 2.89. The second kappa shape index (κ2) is 6.45. The van der Waals surface area contributed by atoms with Gasteiger partial charge in [0.15, 0.2) is 5.82 Å². The monoisotopic (exact) mass is 271 g/mol. The molecule has 2 N–H and O–H groups in total. The summed E-state index contributed by atoms with van der Waals surface area (Å²) in [6.07, 6.45) is 1.68. The molecule has 6 heteroatoms. The van der Waals surface area contributed by atoms with Crippen molar-refractivity contribution in [1.82, 2.24) is 10.1 Å². The van der Waals surface area contributed by atoms with Crippen LogP contribution in [0.15, 0.2) is 4.52 Å². The molecule has 0 bridgehead atoms. The van der Waals surface area contributed by atoms with Crippen molar-refractivity contribution in [1.29, 1.82) is 0 Å². The van der Waals surface area contributed by atoms with E-state index in [0.29, 0.717) is 24.9 Å². The van der Waals surface area contributed by atoms with Crippen LogP contribution in [0.25, 0.3) is 0 Å². The van der Waals surface area contributed by atoms with E-state index in [1.807, 2.05) is 27.7 Å². The van der Waals surface area contributed by atoms with Gasteiger partial charge in [-0.25, -0.2) is 0 Å². The minimum atomic E-state index is -0.765. The fourth-order valence-electron chi connectivity index (χ4n) is 1.55. The molecule has 0 fully saturated rings. The van der Waals surface area contributed by atoms with E-state index in [4.69, 9.17) is 19.7 Å². The lowest BCUT2D eigenvalue weighted by Gasteiger charge is -2.22. The molecule has 0 saturated heterocycles. The normalized spacial score (nSPS) is 18.0. The van der Waals surface area contributed by atoms with E-state index in [-0.39, 0.29) is 0 Å². The molecule has 1 aromatic rings. The molecule has 0 spiro atoms. The van der Waals surface area contributed by atoms with Crippen LogP contribution in [0.3, 0.4) is 0 Å². The van der Waals surface area contributed by atoms with Gasteiger partial charge in [0, 0.05) is 13.7 Å². The van der Waals surface area contributed by atoms with Crippen molar-refractivity contribution < 1.29 is 14.0 Å². The highest BCUT2D eigenvalue weighted by Crippen LogP contribution is 2.28. The molecule has 19 heavy (non-hydrogen) atoms. The third-order valence-corrected chi connectivity index (χ3v) is 3.26. The fraction of sp³-hybridized carbons (Fsp3) is 0.846. The minimum Gasteiger partial charge on any atom is -0.379 e. The van der Waals surface area contributed by atoms with Crippen molar-refractivity contribution in [3.8, 4) is 0 Å². The van der Waals surface area contributed by atoms with Crippen LogP contribution in [0.5, 0.6) is 0 Å². The van der Waals surface area contributed by atoms with Gasteiger partial charge in [0.25, 0.3) is 5.89 Å². The minimum absolute atomic E-state index is 0.357. The number of methoxy groups -OCH3 is 1. The molecule has 0 aromatic carbocycles. The van der Waals surface area contributed by atoms with Gasteiger partial charge in [-0.1, -0.05) is 19.0 Å². The molecule has 2 unspecified atom stereocenters. The highest BCUT2D eigenvalue weighted by molar-refractivity contribution is 5.05. The van der Waals surface area contributed by atoms with Gasteiger partial charge in [-0.05, 0) is 26.7 Å². The van der Waals surface area contributed by atoms with Crippen LogP contribution in [0.4, 0.5) is 0 Å². The maximum Gasteiger partial charge on any atom is 0.258 e. The second-order valence-electron chi connectivity index (χ2n) is 5.18. The molecule has 6 nitrogen and oxygen atoms in total. The number of nitrogens with zero attached hydrogens (tertiary/aromatic N) is 2. The highest BCUT2D eigenvalue weighted by atomic mass is 16.5. The van der Waals surface area contributed by atoms with Crippen molar-refractivity contribution in [3.63, 3.8) is 0 Å². The summed E-state index contributed by atoms with van der Waals surface area (Å²) >= 11 is 0. The molecule has 2 atom stereocenters. The van der Waals surface area contributed by atoms with Crippen LogP contribution in [-0.2, 0) is 20.6 Å². The first-order valence-electron chi connectivity index (χ1n) is 6.66. The van der Waals surface area contributed by atoms with Crippen LogP contribution in [0, 0.1) is 0 Å². The Morgan fingerprint density at radius 2 is 2.00 bits per heavy atom. The summed E-state index contributed by atoms with van der Waals surface area (Å²) in [5, 5.41) is 3.96. The molecule has 0 saturated carbocycles. The molecule has 0 aliphatic rings. The van der Waals surface area contributed by atoms with Gasteiger partial charge >= 0.3 is 0 Å². The van der Waals surface area contributed by atoms with Gasteiger partial charge in [0.1, 0.15) is 11.1 Å². The van der Waals surface area contributed by atoms with Gasteiger partial charge in [-0.15, -0.1) is 0 Å². The fourth-order valence-corrected chi connectivity index (χ4v) is 1.55.